The van der Waals surface area contributed by atoms with Crippen molar-refractivity contribution in [3.8, 4) is 0 Å². The van der Waals surface area contributed by atoms with Crippen molar-refractivity contribution in [2.24, 2.45) is 0 Å². The van der Waals surface area contributed by atoms with Gasteiger partial charge in [0.25, 0.3) is 0 Å². The molecule has 0 spiro atoms. The van der Waals surface area contributed by atoms with Crippen LogP contribution < -0.4 is 0 Å². The summed E-state index contributed by atoms with van der Waals surface area (Å²) in [5.41, 5.74) is -0.219. The van der Waals surface area contributed by atoms with Crippen molar-refractivity contribution in [3.05, 3.63) is 0 Å². The Bertz CT molecular complexity index is 89.6. The molecular weight excluding hydrogens is 148 g/mol. The Morgan fingerprint density at radius 1 is 1.50 bits per heavy atom. The minimum atomic E-state index is -0.219. The van der Waals surface area contributed by atoms with Gasteiger partial charge in [-0.2, -0.15) is 0 Å². The maximum atomic E-state index is 9.03. The van der Waals surface area contributed by atoms with Crippen LogP contribution in [0.4, 0.5) is 0 Å². The molecule has 0 aromatic heterocycles. The molecule has 1 N–H and O–H groups in total. The zero-order valence-corrected chi connectivity index (χ0v) is 7.06. The Morgan fingerprint density at radius 3 is 2.60 bits per heavy atom. The summed E-state index contributed by atoms with van der Waals surface area (Å²) in [5, 5.41) is 9.65. The number of hydrogen-bond acceptors (Lipinski definition) is 3. The molecule has 1 atom stereocenters. The van der Waals surface area contributed by atoms with Gasteiger partial charge in [0, 0.05) is 18.5 Å². The van der Waals surface area contributed by atoms with E-state index in [2.05, 4.69) is 0 Å². The van der Waals surface area contributed by atoms with Crippen LogP contribution >= 0.6 is 11.8 Å². The second-order valence-corrected chi connectivity index (χ2v) is 4.17. The highest BCUT2D eigenvalue weighted by atomic mass is 32.2. The lowest BCUT2D eigenvalue weighted by Crippen LogP contribution is -2.19. The van der Waals surface area contributed by atoms with Gasteiger partial charge < -0.3 is 9.84 Å². The summed E-state index contributed by atoms with van der Waals surface area (Å²) in [6.45, 7) is 3.55. The van der Waals surface area contributed by atoms with E-state index in [0.29, 0.717) is 5.25 Å². The molecule has 3 heteroatoms. The first kappa shape index (κ1) is 8.37. The molecule has 0 saturated carbocycles. The maximum absolute atomic E-state index is 9.03. The second-order valence-electron chi connectivity index (χ2n) is 2.55. The van der Waals surface area contributed by atoms with Gasteiger partial charge in [0.05, 0.1) is 5.44 Å². The van der Waals surface area contributed by atoms with Crippen molar-refractivity contribution in [2.45, 2.75) is 30.5 Å². The number of hydrogen-bond donors (Lipinski definition) is 1. The van der Waals surface area contributed by atoms with E-state index in [-0.39, 0.29) is 5.44 Å². The van der Waals surface area contributed by atoms with Gasteiger partial charge in [-0.25, -0.2) is 0 Å². The normalized spacial score (nSPS) is 24.6. The molecule has 0 bridgehead atoms. The van der Waals surface area contributed by atoms with Crippen LogP contribution in [-0.4, -0.2) is 29.0 Å². The Balaban J connectivity index is 2.13. The predicted octanol–water partition coefficient (Wildman–Crippen LogP) is 1.24. The van der Waals surface area contributed by atoms with E-state index in [0.717, 1.165) is 26.1 Å². The van der Waals surface area contributed by atoms with Crippen molar-refractivity contribution < 1.29 is 9.84 Å². The van der Waals surface area contributed by atoms with E-state index in [4.69, 9.17) is 9.84 Å². The van der Waals surface area contributed by atoms with Crippen LogP contribution in [0.3, 0.4) is 0 Å². The lowest BCUT2D eigenvalue weighted by molar-refractivity contribution is 0.0994. The average molecular weight is 162 g/mol. The van der Waals surface area contributed by atoms with Crippen molar-refractivity contribution in [1.82, 2.24) is 0 Å². The first-order valence-corrected chi connectivity index (χ1v) is 4.64. The maximum Gasteiger partial charge on any atom is 0.0967 e. The first-order valence-electron chi connectivity index (χ1n) is 3.70. The predicted molar refractivity (Wildman–Crippen MR) is 43.1 cm³/mol. The summed E-state index contributed by atoms with van der Waals surface area (Å²) in [4.78, 5) is 0. The molecule has 0 radical (unpaired) electrons. The summed E-state index contributed by atoms with van der Waals surface area (Å²) >= 11 is 1.65. The Morgan fingerprint density at radius 2 is 2.10 bits per heavy atom. The Hall–Kier alpha value is 0.270. The zero-order chi connectivity index (χ0) is 7.40. The number of thioether (sulfide) groups is 1. The molecule has 1 rings (SSSR count). The minimum Gasteiger partial charge on any atom is -0.383 e. The topological polar surface area (TPSA) is 29.5 Å². The molecule has 0 amide bonds. The highest BCUT2D eigenvalue weighted by Crippen LogP contribution is 2.24. The number of ether oxygens (including phenoxy) is 1. The van der Waals surface area contributed by atoms with Crippen LogP contribution in [0.2, 0.25) is 0 Å². The van der Waals surface area contributed by atoms with E-state index >= 15 is 0 Å². The quantitative estimate of drug-likeness (QED) is 0.619. The summed E-state index contributed by atoms with van der Waals surface area (Å²) < 4.78 is 5.19. The van der Waals surface area contributed by atoms with Gasteiger partial charge in [0.15, 0.2) is 0 Å². The van der Waals surface area contributed by atoms with Gasteiger partial charge in [0.2, 0.25) is 0 Å². The summed E-state index contributed by atoms with van der Waals surface area (Å²) in [7, 11) is 0. The molecule has 0 aliphatic carbocycles. The number of aliphatic hydroxyl groups is 1. The highest BCUT2D eigenvalue weighted by Gasteiger charge is 2.15. The fourth-order valence-corrected chi connectivity index (χ4v) is 2.11. The van der Waals surface area contributed by atoms with Crippen molar-refractivity contribution in [3.63, 3.8) is 0 Å². The molecule has 1 aliphatic heterocycles. The van der Waals surface area contributed by atoms with Crippen LogP contribution in [0.5, 0.6) is 0 Å². The first-order chi connectivity index (χ1) is 4.79. The van der Waals surface area contributed by atoms with Crippen LogP contribution in [0, 0.1) is 0 Å². The lowest BCUT2D eigenvalue weighted by atomic mass is 10.2. The van der Waals surface area contributed by atoms with E-state index in [1.54, 1.807) is 11.8 Å². The highest BCUT2D eigenvalue weighted by molar-refractivity contribution is 8.00. The van der Waals surface area contributed by atoms with Gasteiger partial charge in [0.1, 0.15) is 0 Å². The van der Waals surface area contributed by atoms with Gasteiger partial charge >= 0.3 is 0 Å². The molecule has 1 heterocycles. The molecule has 60 valence electrons. The van der Waals surface area contributed by atoms with E-state index < -0.39 is 0 Å². The third kappa shape index (κ3) is 2.90. The van der Waals surface area contributed by atoms with E-state index in [9.17, 15) is 0 Å². The van der Waals surface area contributed by atoms with Crippen LogP contribution in [0.1, 0.15) is 19.8 Å². The zero-order valence-electron chi connectivity index (χ0n) is 6.25. The van der Waals surface area contributed by atoms with E-state index in [1.807, 2.05) is 6.92 Å². The molecule has 0 aromatic carbocycles. The fraction of sp³-hybridized carbons (Fsp3) is 1.00. The molecule has 0 aromatic rings. The smallest absolute Gasteiger partial charge is 0.0967 e. The van der Waals surface area contributed by atoms with Crippen LogP contribution in [-0.2, 0) is 4.74 Å². The lowest BCUT2D eigenvalue weighted by Gasteiger charge is -2.22. The molecule has 1 aliphatic rings. The van der Waals surface area contributed by atoms with Gasteiger partial charge in [-0.1, -0.05) is 0 Å². The standard InChI is InChI=1S/C7H14O2S/c1-6(8)10-7-2-4-9-5-3-7/h6-8H,2-5H2,1H3. The second kappa shape index (κ2) is 4.21. The molecule has 1 unspecified atom stereocenters. The van der Waals surface area contributed by atoms with E-state index in [1.165, 1.54) is 0 Å². The molecule has 10 heavy (non-hydrogen) atoms. The van der Waals surface area contributed by atoms with Gasteiger partial charge in [-0.05, 0) is 19.8 Å². The fourth-order valence-electron chi connectivity index (χ4n) is 1.09. The van der Waals surface area contributed by atoms with Crippen molar-refractivity contribution >= 4 is 11.8 Å². The average Bonchev–Trinajstić information content (AvgIpc) is 1.88. The molecule has 1 fully saturated rings. The Labute approximate surface area is 66.0 Å². The molecular formula is C7H14O2S. The SMILES string of the molecule is CC(O)SC1CCOCC1. The van der Waals surface area contributed by atoms with Gasteiger partial charge in [-0.15, -0.1) is 11.8 Å². The third-order valence-corrected chi connectivity index (χ3v) is 2.81. The van der Waals surface area contributed by atoms with Crippen molar-refractivity contribution in [1.29, 1.82) is 0 Å². The summed E-state index contributed by atoms with van der Waals surface area (Å²) in [6, 6.07) is 0. The van der Waals surface area contributed by atoms with Crippen LogP contribution in [0.25, 0.3) is 0 Å². The largest absolute Gasteiger partial charge is 0.383 e. The number of aliphatic hydroxyl groups excluding tert-OH is 1. The van der Waals surface area contributed by atoms with Crippen LogP contribution in [0.15, 0.2) is 0 Å². The van der Waals surface area contributed by atoms with Crippen molar-refractivity contribution in [2.75, 3.05) is 13.2 Å². The molecule has 1 saturated heterocycles. The molecule has 2 nitrogen and oxygen atoms in total. The summed E-state index contributed by atoms with van der Waals surface area (Å²) in [6.07, 6.45) is 2.19. The monoisotopic (exact) mass is 162 g/mol. The summed E-state index contributed by atoms with van der Waals surface area (Å²) in [5.74, 6) is 0. The third-order valence-electron chi connectivity index (χ3n) is 1.56. The minimum absolute atomic E-state index is 0.219. The van der Waals surface area contributed by atoms with Gasteiger partial charge in [-0.3, -0.25) is 0 Å². The number of rotatable bonds is 2. The Kier molecular flexibility index (Phi) is 3.52.